The van der Waals surface area contributed by atoms with Crippen LogP contribution in [0.5, 0.6) is 17.2 Å². The van der Waals surface area contributed by atoms with Crippen molar-refractivity contribution in [3.05, 3.63) is 76.5 Å². The fraction of sp³-hybridized carbons (Fsp3) is 0.0526. The quantitative estimate of drug-likeness (QED) is 0.590. The van der Waals surface area contributed by atoms with Gasteiger partial charge < -0.3 is 14.8 Å². The molecule has 0 atom stereocenters. The zero-order valence-corrected chi connectivity index (χ0v) is 15.2. The molecule has 1 N–H and O–H groups in total. The van der Waals surface area contributed by atoms with Gasteiger partial charge in [-0.25, -0.2) is 4.98 Å². The lowest BCUT2D eigenvalue weighted by Gasteiger charge is -2.13. The maximum absolute atomic E-state index is 12.5. The summed E-state index contributed by atoms with van der Waals surface area (Å²) in [5.74, 6) is 1.33. The number of pyridine rings is 1. The van der Waals surface area contributed by atoms with Crippen molar-refractivity contribution < 1.29 is 14.3 Å². The highest BCUT2D eigenvalue weighted by Crippen LogP contribution is 2.33. The molecule has 0 spiro atoms. The van der Waals surface area contributed by atoms with Gasteiger partial charge in [-0.05, 0) is 54.6 Å². The number of halogens is 2. The third-order valence-corrected chi connectivity index (χ3v) is 4.02. The molecule has 0 saturated carbocycles. The Kier molecular flexibility index (Phi) is 5.61. The number of carbonyl (C=O) groups is 1. The summed E-state index contributed by atoms with van der Waals surface area (Å²) >= 11 is 12.0. The molecule has 0 aliphatic heterocycles. The molecule has 5 nitrogen and oxygen atoms in total. The number of nitrogens with one attached hydrogen (secondary N) is 1. The van der Waals surface area contributed by atoms with Crippen molar-refractivity contribution in [3.8, 4) is 17.2 Å². The summed E-state index contributed by atoms with van der Waals surface area (Å²) in [6, 6.07) is 15.2. The van der Waals surface area contributed by atoms with E-state index in [0.717, 1.165) is 0 Å². The van der Waals surface area contributed by atoms with E-state index in [1.807, 2.05) is 0 Å². The van der Waals surface area contributed by atoms with Crippen molar-refractivity contribution in [2.45, 2.75) is 0 Å². The van der Waals surface area contributed by atoms with E-state index in [2.05, 4.69) is 10.3 Å². The predicted molar refractivity (Wildman–Crippen MR) is 102 cm³/mol. The van der Waals surface area contributed by atoms with Gasteiger partial charge in [0.1, 0.15) is 16.7 Å². The van der Waals surface area contributed by atoms with E-state index < -0.39 is 5.91 Å². The standard InChI is InChI=1S/C19H14Cl2N2O3/c1-25-13-5-7-14(8-6-13)26-17-9-4-12(20)11-16(17)23-19(24)15-3-2-10-22-18(15)21/h2-11H,1H3,(H,23,24). The number of benzene rings is 2. The Morgan fingerprint density at radius 2 is 1.77 bits per heavy atom. The van der Waals surface area contributed by atoms with Crippen LogP contribution in [0.2, 0.25) is 10.2 Å². The van der Waals surface area contributed by atoms with E-state index in [9.17, 15) is 4.79 Å². The number of methoxy groups -OCH3 is 1. The Hall–Kier alpha value is -2.76. The van der Waals surface area contributed by atoms with Crippen LogP contribution in [-0.4, -0.2) is 18.0 Å². The first-order valence-electron chi connectivity index (χ1n) is 7.60. The normalized spacial score (nSPS) is 10.3. The van der Waals surface area contributed by atoms with Crippen LogP contribution in [0, 0.1) is 0 Å². The van der Waals surface area contributed by atoms with Gasteiger partial charge in [-0.2, -0.15) is 0 Å². The van der Waals surface area contributed by atoms with E-state index >= 15 is 0 Å². The average Bonchev–Trinajstić information content (AvgIpc) is 2.65. The Balaban J connectivity index is 1.85. The number of carbonyl (C=O) groups excluding carboxylic acids is 1. The van der Waals surface area contributed by atoms with Crippen molar-refractivity contribution in [2.75, 3.05) is 12.4 Å². The Labute approximate surface area is 160 Å². The zero-order valence-electron chi connectivity index (χ0n) is 13.7. The molecule has 1 heterocycles. The lowest BCUT2D eigenvalue weighted by molar-refractivity contribution is 0.102. The van der Waals surface area contributed by atoms with Gasteiger partial charge in [0.25, 0.3) is 5.91 Å². The lowest BCUT2D eigenvalue weighted by atomic mass is 10.2. The lowest BCUT2D eigenvalue weighted by Crippen LogP contribution is -2.13. The second kappa shape index (κ2) is 8.08. The molecule has 3 rings (SSSR count). The van der Waals surface area contributed by atoms with Gasteiger partial charge in [-0.15, -0.1) is 0 Å². The largest absolute Gasteiger partial charge is 0.497 e. The first kappa shape index (κ1) is 18.0. The average molecular weight is 389 g/mol. The number of aromatic nitrogens is 1. The fourth-order valence-corrected chi connectivity index (χ4v) is 2.58. The third kappa shape index (κ3) is 4.25. The molecule has 132 valence electrons. The van der Waals surface area contributed by atoms with Crippen LogP contribution in [0.1, 0.15) is 10.4 Å². The molecule has 0 unspecified atom stereocenters. The van der Waals surface area contributed by atoms with Gasteiger partial charge in [-0.3, -0.25) is 4.79 Å². The molecular formula is C19H14Cl2N2O3. The van der Waals surface area contributed by atoms with E-state index in [1.54, 1.807) is 61.7 Å². The first-order valence-corrected chi connectivity index (χ1v) is 8.36. The summed E-state index contributed by atoms with van der Waals surface area (Å²) in [4.78, 5) is 16.4. The van der Waals surface area contributed by atoms with Crippen LogP contribution in [-0.2, 0) is 0 Å². The molecule has 0 saturated heterocycles. The minimum atomic E-state index is -0.412. The van der Waals surface area contributed by atoms with Gasteiger partial charge in [0.15, 0.2) is 5.75 Å². The second-order valence-electron chi connectivity index (χ2n) is 5.21. The second-order valence-corrected chi connectivity index (χ2v) is 6.01. The number of nitrogens with zero attached hydrogens (tertiary/aromatic N) is 1. The van der Waals surface area contributed by atoms with Crippen LogP contribution in [0.25, 0.3) is 0 Å². The number of anilines is 1. The maximum Gasteiger partial charge on any atom is 0.258 e. The number of ether oxygens (including phenoxy) is 2. The number of rotatable bonds is 5. The summed E-state index contributed by atoms with van der Waals surface area (Å²) in [5, 5.41) is 3.33. The maximum atomic E-state index is 12.5. The molecule has 0 radical (unpaired) electrons. The summed E-state index contributed by atoms with van der Waals surface area (Å²) in [6.07, 6.45) is 1.51. The van der Waals surface area contributed by atoms with Crippen LogP contribution >= 0.6 is 23.2 Å². The zero-order chi connectivity index (χ0) is 18.5. The van der Waals surface area contributed by atoms with E-state index in [0.29, 0.717) is 28.0 Å². The SMILES string of the molecule is COc1ccc(Oc2ccc(Cl)cc2NC(=O)c2cccnc2Cl)cc1. The third-order valence-electron chi connectivity index (χ3n) is 3.48. The Morgan fingerprint density at radius 3 is 2.46 bits per heavy atom. The molecule has 7 heteroatoms. The van der Waals surface area contributed by atoms with E-state index in [1.165, 1.54) is 6.20 Å². The minimum Gasteiger partial charge on any atom is -0.497 e. The van der Waals surface area contributed by atoms with Crippen molar-refractivity contribution in [3.63, 3.8) is 0 Å². The van der Waals surface area contributed by atoms with Crippen molar-refractivity contribution in [2.24, 2.45) is 0 Å². The van der Waals surface area contributed by atoms with Crippen LogP contribution < -0.4 is 14.8 Å². The molecule has 0 fully saturated rings. The highest BCUT2D eigenvalue weighted by molar-refractivity contribution is 6.33. The van der Waals surface area contributed by atoms with Gasteiger partial charge in [0.05, 0.1) is 18.4 Å². The molecule has 3 aromatic rings. The Morgan fingerprint density at radius 1 is 1.04 bits per heavy atom. The molecule has 1 aromatic heterocycles. The summed E-state index contributed by atoms with van der Waals surface area (Å²) in [7, 11) is 1.59. The number of hydrogen-bond donors (Lipinski definition) is 1. The predicted octanol–water partition coefficient (Wildman–Crippen LogP) is 5.44. The van der Waals surface area contributed by atoms with Gasteiger partial charge in [0, 0.05) is 11.2 Å². The molecule has 2 aromatic carbocycles. The molecule has 26 heavy (non-hydrogen) atoms. The molecular weight excluding hydrogens is 375 g/mol. The molecule has 0 aliphatic carbocycles. The van der Waals surface area contributed by atoms with Crippen molar-refractivity contribution >= 4 is 34.8 Å². The van der Waals surface area contributed by atoms with Crippen molar-refractivity contribution in [1.29, 1.82) is 0 Å². The van der Waals surface area contributed by atoms with E-state index in [-0.39, 0.29) is 10.7 Å². The van der Waals surface area contributed by atoms with Gasteiger partial charge in [0.2, 0.25) is 0 Å². The highest BCUT2D eigenvalue weighted by atomic mass is 35.5. The smallest absolute Gasteiger partial charge is 0.258 e. The number of amides is 1. The van der Waals surface area contributed by atoms with Crippen molar-refractivity contribution in [1.82, 2.24) is 4.98 Å². The molecule has 0 bridgehead atoms. The minimum absolute atomic E-state index is 0.115. The highest BCUT2D eigenvalue weighted by Gasteiger charge is 2.14. The molecule has 0 aliphatic rings. The summed E-state index contributed by atoms with van der Waals surface area (Å²) < 4.78 is 11.0. The van der Waals surface area contributed by atoms with Crippen LogP contribution in [0.3, 0.4) is 0 Å². The van der Waals surface area contributed by atoms with Crippen LogP contribution in [0.4, 0.5) is 5.69 Å². The van der Waals surface area contributed by atoms with E-state index in [4.69, 9.17) is 32.7 Å². The monoisotopic (exact) mass is 388 g/mol. The van der Waals surface area contributed by atoms with Crippen LogP contribution in [0.15, 0.2) is 60.8 Å². The fourth-order valence-electron chi connectivity index (χ4n) is 2.20. The number of hydrogen-bond acceptors (Lipinski definition) is 4. The summed E-state index contributed by atoms with van der Waals surface area (Å²) in [6.45, 7) is 0. The van der Waals surface area contributed by atoms with Gasteiger partial charge >= 0.3 is 0 Å². The molecule has 1 amide bonds. The topological polar surface area (TPSA) is 60.5 Å². The Bertz CT molecular complexity index is 930. The van der Waals surface area contributed by atoms with Gasteiger partial charge in [-0.1, -0.05) is 23.2 Å². The summed E-state index contributed by atoms with van der Waals surface area (Å²) in [5.41, 5.74) is 0.669. The first-order chi connectivity index (χ1) is 12.6.